The number of amides is 1. The molecule has 0 unspecified atom stereocenters. The number of hydrogen-bond donors (Lipinski definition) is 2. The van der Waals surface area contributed by atoms with Gasteiger partial charge in [0.25, 0.3) is 0 Å². The van der Waals surface area contributed by atoms with E-state index in [4.69, 9.17) is 4.74 Å². The summed E-state index contributed by atoms with van der Waals surface area (Å²) in [7, 11) is 3.04. The van der Waals surface area contributed by atoms with E-state index in [1.54, 1.807) is 11.9 Å². The standard InChI is InChI=1S/C17H24F2N4O2/c1-20-16(21-8-5-12-3-4-13(18)11-15(12)19)22-14-6-9-23(10-7-14)17(24)25-2/h3-4,11,14H,5-10H2,1-2H3,(H2,20,21,22). The van der Waals surface area contributed by atoms with Gasteiger partial charge < -0.3 is 20.3 Å². The Morgan fingerprint density at radius 1 is 1.36 bits per heavy atom. The van der Waals surface area contributed by atoms with Crippen molar-refractivity contribution in [3.8, 4) is 0 Å². The minimum absolute atomic E-state index is 0.203. The largest absolute Gasteiger partial charge is 0.453 e. The molecule has 6 nitrogen and oxygen atoms in total. The molecule has 138 valence electrons. The number of nitrogens with zero attached hydrogens (tertiary/aromatic N) is 2. The van der Waals surface area contributed by atoms with Crippen LogP contribution >= 0.6 is 0 Å². The Morgan fingerprint density at radius 3 is 2.68 bits per heavy atom. The van der Waals surface area contributed by atoms with E-state index in [9.17, 15) is 13.6 Å². The van der Waals surface area contributed by atoms with E-state index in [2.05, 4.69) is 15.6 Å². The monoisotopic (exact) mass is 354 g/mol. The summed E-state index contributed by atoms with van der Waals surface area (Å²) in [5.41, 5.74) is 0.454. The number of rotatable bonds is 4. The molecule has 0 spiro atoms. The first-order valence-corrected chi connectivity index (χ1v) is 8.27. The maximum absolute atomic E-state index is 13.6. The smallest absolute Gasteiger partial charge is 0.409 e. The van der Waals surface area contributed by atoms with Crippen LogP contribution in [0.3, 0.4) is 0 Å². The molecule has 0 saturated carbocycles. The van der Waals surface area contributed by atoms with Crippen molar-refractivity contribution in [2.24, 2.45) is 4.99 Å². The van der Waals surface area contributed by atoms with E-state index in [1.165, 1.54) is 19.2 Å². The number of nitrogens with one attached hydrogen (secondary N) is 2. The highest BCUT2D eigenvalue weighted by molar-refractivity contribution is 5.80. The SMILES string of the molecule is CN=C(NCCc1ccc(F)cc1F)NC1CCN(C(=O)OC)CC1. The van der Waals surface area contributed by atoms with Gasteiger partial charge in [-0.3, -0.25) is 4.99 Å². The van der Waals surface area contributed by atoms with E-state index in [0.717, 1.165) is 18.9 Å². The number of halogens is 2. The highest BCUT2D eigenvalue weighted by atomic mass is 19.1. The Labute approximate surface area is 146 Å². The second kappa shape index (κ2) is 9.19. The summed E-state index contributed by atoms with van der Waals surface area (Å²) in [5.74, 6) is -0.496. The lowest BCUT2D eigenvalue weighted by molar-refractivity contribution is 0.111. The number of piperidine rings is 1. The molecule has 0 atom stereocenters. The molecule has 1 fully saturated rings. The van der Waals surface area contributed by atoms with Crippen LogP contribution in [-0.4, -0.2) is 56.8 Å². The Bertz CT molecular complexity index is 617. The third-order valence-electron chi connectivity index (χ3n) is 4.19. The van der Waals surface area contributed by atoms with Gasteiger partial charge in [-0.1, -0.05) is 6.07 Å². The summed E-state index contributed by atoms with van der Waals surface area (Å²) in [6, 6.07) is 3.79. The zero-order chi connectivity index (χ0) is 18.2. The van der Waals surface area contributed by atoms with Crippen LogP contribution in [0.15, 0.2) is 23.2 Å². The van der Waals surface area contributed by atoms with E-state index >= 15 is 0 Å². The van der Waals surface area contributed by atoms with Crippen molar-refractivity contribution >= 4 is 12.1 Å². The Balaban J connectivity index is 1.75. The predicted molar refractivity (Wildman–Crippen MR) is 91.6 cm³/mol. The molecule has 0 radical (unpaired) electrons. The molecule has 1 aliphatic rings. The Hall–Kier alpha value is -2.38. The molecule has 2 N–H and O–H groups in total. The predicted octanol–water partition coefficient (Wildman–Crippen LogP) is 1.90. The van der Waals surface area contributed by atoms with Crippen molar-refractivity contribution in [1.29, 1.82) is 0 Å². The molecule has 2 rings (SSSR count). The fourth-order valence-corrected chi connectivity index (χ4v) is 2.76. The van der Waals surface area contributed by atoms with Crippen LogP contribution < -0.4 is 10.6 Å². The van der Waals surface area contributed by atoms with Gasteiger partial charge in [-0.2, -0.15) is 0 Å². The molecule has 1 aromatic carbocycles. The maximum Gasteiger partial charge on any atom is 0.409 e. The van der Waals surface area contributed by atoms with Crippen molar-refractivity contribution in [1.82, 2.24) is 15.5 Å². The molecule has 1 aromatic rings. The van der Waals surface area contributed by atoms with Gasteiger partial charge in [0.15, 0.2) is 5.96 Å². The van der Waals surface area contributed by atoms with Crippen molar-refractivity contribution < 1.29 is 18.3 Å². The molecule has 0 aliphatic carbocycles. The van der Waals surface area contributed by atoms with Gasteiger partial charge in [0.05, 0.1) is 7.11 Å². The summed E-state index contributed by atoms with van der Waals surface area (Å²) < 4.78 is 31.2. The number of methoxy groups -OCH3 is 1. The Morgan fingerprint density at radius 2 is 2.08 bits per heavy atom. The molecule has 1 saturated heterocycles. The molecule has 0 bridgehead atoms. The second-order valence-electron chi connectivity index (χ2n) is 5.86. The topological polar surface area (TPSA) is 66.0 Å². The summed E-state index contributed by atoms with van der Waals surface area (Å²) in [5, 5.41) is 6.42. The van der Waals surface area contributed by atoms with E-state index in [-0.39, 0.29) is 12.1 Å². The van der Waals surface area contributed by atoms with Gasteiger partial charge in [-0.05, 0) is 30.9 Å². The van der Waals surface area contributed by atoms with Crippen LogP contribution in [0.5, 0.6) is 0 Å². The van der Waals surface area contributed by atoms with Crippen molar-refractivity contribution in [3.63, 3.8) is 0 Å². The molecule has 1 aliphatic heterocycles. The van der Waals surface area contributed by atoms with Crippen LogP contribution in [-0.2, 0) is 11.2 Å². The number of guanidine groups is 1. The number of ether oxygens (including phenoxy) is 1. The first-order chi connectivity index (χ1) is 12.0. The average Bonchev–Trinajstić information content (AvgIpc) is 2.62. The lowest BCUT2D eigenvalue weighted by atomic mass is 10.1. The highest BCUT2D eigenvalue weighted by Crippen LogP contribution is 2.11. The molecule has 1 amide bonds. The maximum atomic E-state index is 13.6. The lowest BCUT2D eigenvalue weighted by Crippen LogP contribution is -2.50. The summed E-state index contributed by atoms with van der Waals surface area (Å²) in [6.07, 6.45) is 1.71. The normalized spacial score (nSPS) is 15.8. The molecule has 1 heterocycles. The van der Waals surface area contributed by atoms with Gasteiger partial charge in [0.2, 0.25) is 0 Å². The van der Waals surface area contributed by atoms with Crippen molar-refractivity contribution in [3.05, 3.63) is 35.4 Å². The number of likely N-dealkylation sites (tertiary alicyclic amines) is 1. The second-order valence-corrected chi connectivity index (χ2v) is 5.86. The summed E-state index contributed by atoms with van der Waals surface area (Å²) in [4.78, 5) is 17.3. The third-order valence-corrected chi connectivity index (χ3v) is 4.19. The van der Waals surface area contributed by atoms with E-state index in [0.29, 0.717) is 37.6 Å². The zero-order valence-electron chi connectivity index (χ0n) is 14.5. The van der Waals surface area contributed by atoms with Crippen molar-refractivity contribution in [2.75, 3.05) is 33.8 Å². The van der Waals surface area contributed by atoms with Crippen LogP contribution in [0, 0.1) is 11.6 Å². The number of hydrogen-bond acceptors (Lipinski definition) is 3. The minimum atomic E-state index is -0.579. The van der Waals surface area contributed by atoms with Gasteiger partial charge in [0.1, 0.15) is 11.6 Å². The van der Waals surface area contributed by atoms with Crippen LogP contribution in [0.4, 0.5) is 13.6 Å². The first-order valence-electron chi connectivity index (χ1n) is 8.27. The number of carbonyl (C=O) groups is 1. The van der Waals surface area contributed by atoms with Gasteiger partial charge in [-0.25, -0.2) is 13.6 Å². The van der Waals surface area contributed by atoms with Gasteiger partial charge >= 0.3 is 6.09 Å². The molecular weight excluding hydrogens is 330 g/mol. The minimum Gasteiger partial charge on any atom is -0.453 e. The van der Waals surface area contributed by atoms with Crippen molar-refractivity contribution in [2.45, 2.75) is 25.3 Å². The molecule has 25 heavy (non-hydrogen) atoms. The molecular formula is C17H24F2N4O2. The fourth-order valence-electron chi connectivity index (χ4n) is 2.76. The Kier molecular flexibility index (Phi) is 6.97. The fraction of sp³-hybridized carbons (Fsp3) is 0.529. The quantitative estimate of drug-likeness (QED) is 0.640. The molecule has 0 aromatic heterocycles. The number of benzene rings is 1. The molecule has 8 heteroatoms. The number of carbonyl (C=O) groups excluding carboxylic acids is 1. The van der Waals surface area contributed by atoms with Gasteiger partial charge in [-0.15, -0.1) is 0 Å². The summed E-state index contributed by atoms with van der Waals surface area (Å²) in [6.45, 7) is 1.73. The average molecular weight is 354 g/mol. The summed E-state index contributed by atoms with van der Waals surface area (Å²) >= 11 is 0. The van der Waals surface area contributed by atoms with E-state index in [1.807, 2.05) is 0 Å². The van der Waals surface area contributed by atoms with E-state index < -0.39 is 11.6 Å². The lowest BCUT2D eigenvalue weighted by Gasteiger charge is -2.32. The third kappa shape index (κ3) is 5.58. The zero-order valence-corrected chi connectivity index (χ0v) is 14.5. The van der Waals surface area contributed by atoms with Crippen LogP contribution in [0.1, 0.15) is 18.4 Å². The first kappa shape index (κ1) is 19.0. The van der Waals surface area contributed by atoms with Crippen LogP contribution in [0.2, 0.25) is 0 Å². The highest BCUT2D eigenvalue weighted by Gasteiger charge is 2.23. The van der Waals surface area contributed by atoms with Gasteiger partial charge in [0, 0.05) is 38.8 Å². The van der Waals surface area contributed by atoms with Crippen LogP contribution in [0.25, 0.3) is 0 Å². The number of aliphatic imine (C=N–C) groups is 1.